The summed E-state index contributed by atoms with van der Waals surface area (Å²) >= 11 is 0. The number of hydrogen-bond donors (Lipinski definition) is 1. The molecule has 4 heteroatoms. The Morgan fingerprint density at radius 1 is 1.12 bits per heavy atom. The normalized spacial score (nSPS) is 16.2. The highest BCUT2D eigenvalue weighted by molar-refractivity contribution is 5.95. The topological polar surface area (TPSA) is 47.6 Å². The minimum Gasteiger partial charge on any atom is -0.496 e. The highest BCUT2D eigenvalue weighted by atomic mass is 16.5. The smallest absolute Gasteiger partial charge is 0.251 e. The van der Waals surface area contributed by atoms with Crippen molar-refractivity contribution in [1.29, 1.82) is 0 Å². The minimum atomic E-state index is -0.163. The van der Waals surface area contributed by atoms with Gasteiger partial charge in [-0.25, -0.2) is 0 Å². The van der Waals surface area contributed by atoms with Crippen LogP contribution in [0.2, 0.25) is 0 Å². The number of benzene rings is 2. The van der Waals surface area contributed by atoms with Crippen LogP contribution in [0.5, 0.6) is 5.75 Å². The first-order valence-corrected chi connectivity index (χ1v) is 8.71. The van der Waals surface area contributed by atoms with Crippen LogP contribution in [-0.4, -0.2) is 32.8 Å². The second-order valence-electron chi connectivity index (χ2n) is 6.59. The fraction of sp³-hybridized carbons (Fsp3) is 0.381. The van der Waals surface area contributed by atoms with Crippen molar-refractivity contribution < 1.29 is 14.3 Å². The number of hydrogen-bond acceptors (Lipinski definition) is 3. The quantitative estimate of drug-likeness (QED) is 0.907. The Morgan fingerprint density at radius 3 is 2.52 bits per heavy atom. The Hall–Kier alpha value is -2.33. The molecule has 1 amide bonds. The predicted octanol–water partition coefficient (Wildman–Crippen LogP) is 3.48. The largest absolute Gasteiger partial charge is 0.496 e. The third-order valence-electron chi connectivity index (χ3n) is 5.11. The van der Waals surface area contributed by atoms with Gasteiger partial charge in [0.1, 0.15) is 5.75 Å². The van der Waals surface area contributed by atoms with Gasteiger partial charge in [-0.15, -0.1) is 0 Å². The zero-order valence-electron chi connectivity index (χ0n) is 14.9. The highest BCUT2D eigenvalue weighted by Gasteiger charge is 2.37. The van der Waals surface area contributed by atoms with E-state index in [1.807, 2.05) is 49.4 Å². The SMILES string of the molecule is COc1ccccc1C1(CNC(=O)c2ccccc2C)CCOCC1. The fourth-order valence-corrected chi connectivity index (χ4v) is 3.56. The standard InChI is InChI=1S/C21H25NO3/c1-16-7-3-4-8-17(16)20(23)22-15-21(11-13-25-14-12-21)18-9-5-6-10-19(18)24-2/h3-10H,11-15H2,1-2H3,(H,22,23). The van der Waals surface area contributed by atoms with Gasteiger partial charge in [-0.05, 0) is 37.5 Å². The second kappa shape index (κ2) is 7.70. The maximum Gasteiger partial charge on any atom is 0.251 e. The molecular weight excluding hydrogens is 314 g/mol. The van der Waals surface area contributed by atoms with Gasteiger partial charge in [0, 0.05) is 36.3 Å². The van der Waals surface area contributed by atoms with Crippen molar-refractivity contribution in [1.82, 2.24) is 5.32 Å². The first kappa shape index (κ1) is 17.5. The average molecular weight is 339 g/mol. The number of para-hydroxylation sites is 1. The van der Waals surface area contributed by atoms with Crippen LogP contribution in [0.3, 0.4) is 0 Å². The zero-order valence-corrected chi connectivity index (χ0v) is 14.9. The third-order valence-corrected chi connectivity index (χ3v) is 5.11. The van der Waals surface area contributed by atoms with Gasteiger partial charge in [0.2, 0.25) is 0 Å². The van der Waals surface area contributed by atoms with Gasteiger partial charge in [0.25, 0.3) is 5.91 Å². The molecule has 0 aliphatic carbocycles. The van der Waals surface area contributed by atoms with E-state index in [4.69, 9.17) is 9.47 Å². The Kier molecular flexibility index (Phi) is 5.39. The molecule has 25 heavy (non-hydrogen) atoms. The van der Waals surface area contributed by atoms with Crippen molar-refractivity contribution in [3.8, 4) is 5.75 Å². The fourth-order valence-electron chi connectivity index (χ4n) is 3.56. The first-order valence-electron chi connectivity index (χ1n) is 8.71. The number of rotatable bonds is 5. The molecule has 3 rings (SSSR count). The van der Waals surface area contributed by atoms with Crippen molar-refractivity contribution in [2.75, 3.05) is 26.9 Å². The zero-order chi connectivity index (χ0) is 17.7. The highest BCUT2D eigenvalue weighted by Crippen LogP contribution is 2.39. The number of carbonyl (C=O) groups is 1. The van der Waals surface area contributed by atoms with Crippen LogP contribution < -0.4 is 10.1 Å². The molecule has 1 N–H and O–H groups in total. The van der Waals surface area contributed by atoms with Crippen LogP contribution in [0.4, 0.5) is 0 Å². The van der Waals surface area contributed by atoms with Crippen LogP contribution in [0, 0.1) is 6.92 Å². The molecule has 1 aliphatic heterocycles. The summed E-state index contributed by atoms with van der Waals surface area (Å²) in [4.78, 5) is 12.7. The molecule has 2 aromatic carbocycles. The predicted molar refractivity (Wildman–Crippen MR) is 98.2 cm³/mol. The molecule has 0 spiro atoms. The van der Waals surface area contributed by atoms with E-state index in [9.17, 15) is 4.79 Å². The average Bonchev–Trinajstić information content (AvgIpc) is 2.67. The molecule has 4 nitrogen and oxygen atoms in total. The van der Waals surface area contributed by atoms with Gasteiger partial charge in [-0.3, -0.25) is 4.79 Å². The number of aryl methyl sites for hydroxylation is 1. The number of nitrogens with one attached hydrogen (secondary N) is 1. The molecule has 1 aliphatic rings. The van der Waals surface area contributed by atoms with E-state index in [-0.39, 0.29) is 11.3 Å². The molecule has 0 atom stereocenters. The molecule has 1 saturated heterocycles. The molecule has 0 aromatic heterocycles. The Morgan fingerprint density at radius 2 is 1.80 bits per heavy atom. The number of carbonyl (C=O) groups excluding carboxylic acids is 1. The van der Waals surface area contributed by atoms with Gasteiger partial charge in [0.05, 0.1) is 7.11 Å². The van der Waals surface area contributed by atoms with E-state index in [0.717, 1.165) is 35.3 Å². The van der Waals surface area contributed by atoms with Crippen molar-refractivity contribution in [3.63, 3.8) is 0 Å². The van der Waals surface area contributed by atoms with Gasteiger partial charge in [0.15, 0.2) is 0 Å². The minimum absolute atomic E-state index is 0.0288. The number of methoxy groups -OCH3 is 1. The van der Waals surface area contributed by atoms with Crippen LogP contribution in [0.25, 0.3) is 0 Å². The molecular formula is C21H25NO3. The lowest BCUT2D eigenvalue weighted by molar-refractivity contribution is 0.0479. The van der Waals surface area contributed by atoms with Crippen LogP contribution in [-0.2, 0) is 10.2 Å². The molecule has 2 aromatic rings. The monoisotopic (exact) mass is 339 g/mol. The molecule has 132 valence electrons. The third kappa shape index (κ3) is 3.69. The van der Waals surface area contributed by atoms with Gasteiger partial charge in [-0.2, -0.15) is 0 Å². The van der Waals surface area contributed by atoms with E-state index in [0.29, 0.717) is 19.8 Å². The first-order chi connectivity index (χ1) is 12.2. The Bertz CT molecular complexity index is 735. The summed E-state index contributed by atoms with van der Waals surface area (Å²) in [6.07, 6.45) is 1.73. The summed E-state index contributed by atoms with van der Waals surface area (Å²) in [5, 5.41) is 3.15. The Labute approximate surface area is 149 Å². The summed E-state index contributed by atoms with van der Waals surface area (Å²) < 4.78 is 11.2. The second-order valence-corrected chi connectivity index (χ2v) is 6.59. The maximum atomic E-state index is 12.7. The molecule has 0 saturated carbocycles. The van der Waals surface area contributed by atoms with Crippen molar-refractivity contribution >= 4 is 5.91 Å². The Balaban J connectivity index is 1.84. The van der Waals surface area contributed by atoms with Crippen LogP contribution in [0.15, 0.2) is 48.5 Å². The van der Waals surface area contributed by atoms with Crippen molar-refractivity contribution in [2.24, 2.45) is 0 Å². The summed E-state index contributed by atoms with van der Waals surface area (Å²) in [5.74, 6) is 0.841. The van der Waals surface area contributed by atoms with Gasteiger partial charge < -0.3 is 14.8 Å². The van der Waals surface area contributed by atoms with E-state index in [2.05, 4.69) is 11.4 Å². The maximum absolute atomic E-state index is 12.7. The summed E-state index contributed by atoms with van der Waals surface area (Å²) in [6.45, 7) is 3.92. The van der Waals surface area contributed by atoms with Gasteiger partial charge in [-0.1, -0.05) is 36.4 Å². The lowest BCUT2D eigenvalue weighted by Gasteiger charge is -2.38. The molecule has 1 heterocycles. The number of amides is 1. The van der Waals surface area contributed by atoms with E-state index >= 15 is 0 Å². The van der Waals surface area contributed by atoms with Crippen LogP contribution >= 0.6 is 0 Å². The molecule has 1 fully saturated rings. The van der Waals surface area contributed by atoms with E-state index in [1.54, 1.807) is 7.11 Å². The van der Waals surface area contributed by atoms with Crippen LogP contribution in [0.1, 0.15) is 34.3 Å². The van der Waals surface area contributed by atoms with E-state index in [1.165, 1.54) is 0 Å². The van der Waals surface area contributed by atoms with E-state index < -0.39 is 0 Å². The molecule has 0 radical (unpaired) electrons. The van der Waals surface area contributed by atoms with Gasteiger partial charge >= 0.3 is 0 Å². The lowest BCUT2D eigenvalue weighted by Crippen LogP contribution is -2.45. The summed E-state index contributed by atoms with van der Waals surface area (Å²) in [6, 6.07) is 15.7. The lowest BCUT2D eigenvalue weighted by atomic mass is 9.73. The molecule has 0 unspecified atom stereocenters. The van der Waals surface area contributed by atoms with Crippen molar-refractivity contribution in [3.05, 3.63) is 65.2 Å². The number of ether oxygens (including phenoxy) is 2. The molecule has 0 bridgehead atoms. The van der Waals surface area contributed by atoms with Crippen molar-refractivity contribution in [2.45, 2.75) is 25.2 Å². The summed E-state index contributed by atoms with van der Waals surface area (Å²) in [5.41, 5.74) is 2.69. The summed E-state index contributed by atoms with van der Waals surface area (Å²) in [7, 11) is 1.69.